The smallest absolute Gasteiger partial charge is 0.240 e. The minimum absolute atomic E-state index is 0.193. The van der Waals surface area contributed by atoms with Crippen LogP contribution >= 0.6 is 0 Å². The standard InChI is InChI=1S/C21H18FN5O3S/c1-13-10-14(5-6-16(13)22)20-21(27-18(26-20)4-3-8-24-27)15-7-9-23-17(11-15)25-19(28)12-31(2,29)30/h3-11H,12H2,1-2H3,(H,23,25,28). The second kappa shape index (κ2) is 7.88. The lowest BCUT2D eigenvalue weighted by molar-refractivity contribution is -0.113. The molecular weight excluding hydrogens is 421 g/mol. The van der Waals surface area contributed by atoms with Gasteiger partial charge in [0.1, 0.15) is 23.1 Å². The first-order valence-corrected chi connectivity index (χ1v) is 11.3. The minimum atomic E-state index is -3.47. The fourth-order valence-electron chi connectivity index (χ4n) is 3.20. The van der Waals surface area contributed by atoms with Gasteiger partial charge in [-0.3, -0.25) is 4.79 Å². The Bertz CT molecular complexity index is 1420. The molecule has 0 saturated heterocycles. The Labute approximate surface area is 177 Å². The largest absolute Gasteiger partial charge is 0.310 e. The quantitative estimate of drug-likeness (QED) is 0.513. The molecule has 3 aromatic heterocycles. The van der Waals surface area contributed by atoms with Crippen molar-refractivity contribution in [1.29, 1.82) is 0 Å². The molecule has 0 bridgehead atoms. The highest BCUT2D eigenvalue weighted by Gasteiger charge is 2.19. The van der Waals surface area contributed by atoms with Crippen molar-refractivity contribution >= 4 is 27.2 Å². The van der Waals surface area contributed by atoms with Gasteiger partial charge in [0.15, 0.2) is 15.5 Å². The number of halogens is 1. The number of carbonyl (C=O) groups is 1. The second-order valence-corrected chi connectivity index (χ2v) is 9.25. The number of nitrogens with one attached hydrogen (secondary N) is 1. The number of hydrogen-bond donors (Lipinski definition) is 1. The number of hydrogen-bond acceptors (Lipinski definition) is 6. The second-order valence-electron chi connectivity index (χ2n) is 7.11. The molecule has 3 heterocycles. The highest BCUT2D eigenvalue weighted by Crippen LogP contribution is 2.33. The van der Waals surface area contributed by atoms with Crippen molar-refractivity contribution < 1.29 is 17.6 Å². The van der Waals surface area contributed by atoms with Gasteiger partial charge in [0.2, 0.25) is 5.91 Å². The third kappa shape index (κ3) is 4.43. The Morgan fingerprint density at radius 3 is 2.68 bits per heavy atom. The van der Waals surface area contributed by atoms with Gasteiger partial charge in [0, 0.05) is 29.8 Å². The summed E-state index contributed by atoms with van der Waals surface area (Å²) in [5.41, 5.74) is 3.64. The molecule has 0 spiro atoms. The van der Waals surface area contributed by atoms with E-state index in [1.54, 1.807) is 54.0 Å². The van der Waals surface area contributed by atoms with Crippen molar-refractivity contribution in [2.24, 2.45) is 0 Å². The summed E-state index contributed by atoms with van der Waals surface area (Å²) in [5.74, 6) is -1.45. The summed E-state index contributed by atoms with van der Waals surface area (Å²) in [4.78, 5) is 20.8. The number of nitrogens with zero attached hydrogens (tertiary/aromatic N) is 4. The lowest BCUT2D eigenvalue weighted by Crippen LogP contribution is -2.22. The lowest BCUT2D eigenvalue weighted by Gasteiger charge is -2.08. The Hall–Kier alpha value is -3.66. The molecule has 8 nitrogen and oxygen atoms in total. The van der Waals surface area contributed by atoms with Crippen LogP contribution in [0.2, 0.25) is 0 Å². The van der Waals surface area contributed by atoms with Crippen LogP contribution in [0, 0.1) is 12.7 Å². The number of pyridine rings is 1. The molecule has 4 rings (SSSR count). The minimum Gasteiger partial charge on any atom is -0.310 e. The topological polar surface area (TPSA) is 106 Å². The first kappa shape index (κ1) is 20.6. The number of imidazole rings is 1. The van der Waals surface area contributed by atoms with E-state index in [0.29, 0.717) is 33.7 Å². The van der Waals surface area contributed by atoms with E-state index in [-0.39, 0.29) is 11.6 Å². The zero-order chi connectivity index (χ0) is 22.2. The van der Waals surface area contributed by atoms with Crippen LogP contribution in [-0.4, -0.2) is 45.9 Å². The Morgan fingerprint density at radius 1 is 1.13 bits per heavy atom. The molecule has 0 aliphatic carbocycles. The molecule has 1 amide bonds. The van der Waals surface area contributed by atoms with E-state index in [9.17, 15) is 17.6 Å². The van der Waals surface area contributed by atoms with E-state index in [4.69, 9.17) is 0 Å². The normalized spacial score (nSPS) is 11.6. The number of rotatable bonds is 5. The molecule has 1 N–H and O–H groups in total. The molecule has 0 aliphatic rings. The van der Waals surface area contributed by atoms with Crippen LogP contribution in [0.5, 0.6) is 0 Å². The number of aromatic nitrogens is 4. The van der Waals surface area contributed by atoms with Crippen molar-refractivity contribution in [3.8, 4) is 22.5 Å². The average Bonchev–Trinajstić information content (AvgIpc) is 3.08. The highest BCUT2D eigenvalue weighted by atomic mass is 32.2. The molecular formula is C21H18FN5O3S. The summed E-state index contributed by atoms with van der Waals surface area (Å²) in [6.45, 7) is 1.68. The summed E-state index contributed by atoms with van der Waals surface area (Å²) >= 11 is 0. The van der Waals surface area contributed by atoms with Gasteiger partial charge in [-0.2, -0.15) is 5.10 Å². The third-order valence-electron chi connectivity index (χ3n) is 4.52. The van der Waals surface area contributed by atoms with Gasteiger partial charge < -0.3 is 5.32 Å². The molecule has 0 aliphatic heterocycles. The maximum absolute atomic E-state index is 13.8. The molecule has 158 valence electrons. The number of carbonyl (C=O) groups excluding carboxylic acids is 1. The lowest BCUT2D eigenvalue weighted by atomic mass is 10.0. The van der Waals surface area contributed by atoms with Crippen molar-refractivity contribution in [3.05, 3.63) is 66.2 Å². The summed E-state index contributed by atoms with van der Waals surface area (Å²) < 4.78 is 38.2. The molecule has 0 unspecified atom stereocenters. The Balaban J connectivity index is 1.82. The molecule has 1 aromatic carbocycles. The zero-order valence-corrected chi connectivity index (χ0v) is 17.5. The Kier molecular flexibility index (Phi) is 5.24. The van der Waals surface area contributed by atoms with E-state index in [2.05, 4.69) is 20.4 Å². The van der Waals surface area contributed by atoms with Gasteiger partial charge in [-0.1, -0.05) is 0 Å². The summed E-state index contributed by atoms with van der Waals surface area (Å²) in [7, 11) is -3.47. The van der Waals surface area contributed by atoms with E-state index in [1.807, 2.05) is 0 Å². The summed E-state index contributed by atoms with van der Waals surface area (Å²) in [5, 5.41) is 6.87. The van der Waals surface area contributed by atoms with Crippen LogP contribution in [0.15, 0.2) is 54.9 Å². The van der Waals surface area contributed by atoms with Crippen molar-refractivity contribution in [2.45, 2.75) is 6.92 Å². The number of anilines is 1. The van der Waals surface area contributed by atoms with E-state index in [1.165, 1.54) is 12.3 Å². The summed E-state index contributed by atoms with van der Waals surface area (Å²) in [6.07, 6.45) is 4.10. The number of sulfone groups is 1. The Morgan fingerprint density at radius 2 is 1.94 bits per heavy atom. The van der Waals surface area contributed by atoms with Gasteiger partial charge >= 0.3 is 0 Å². The van der Waals surface area contributed by atoms with Gasteiger partial charge in [-0.15, -0.1) is 0 Å². The number of benzene rings is 1. The van der Waals surface area contributed by atoms with Gasteiger partial charge in [-0.05, 0) is 55.0 Å². The predicted octanol–water partition coefficient (Wildman–Crippen LogP) is 2.89. The van der Waals surface area contributed by atoms with E-state index in [0.717, 1.165) is 6.26 Å². The number of aryl methyl sites for hydroxylation is 1. The van der Waals surface area contributed by atoms with E-state index < -0.39 is 21.5 Å². The van der Waals surface area contributed by atoms with Crippen LogP contribution in [0.3, 0.4) is 0 Å². The van der Waals surface area contributed by atoms with Gasteiger partial charge in [0.25, 0.3) is 0 Å². The van der Waals surface area contributed by atoms with Crippen LogP contribution in [-0.2, 0) is 14.6 Å². The van der Waals surface area contributed by atoms with Crippen LogP contribution in [0.25, 0.3) is 28.2 Å². The van der Waals surface area contributed by atoms with Crippen LogP contribution in [0.4, 0.5) is 10.2 Å². The van der Waals surface area contributed by atoms with Gasteiger partial charge in [-0.25, -0.2) is 27.3 Å². The SMILES string of the molecule is Cc1cc(-c2nc3cccnn3c2-c2ccnc(NC(=O)CS(C)(=O)=O)c2)ccc1F. The third-order valence-corrected chi connectivity index (χ3v) is 5.31. The average molecular weight is 439 g/mol. The molecule has 4 aromatic rings. The first-order chi connectivity index (χ1) is 14.7. The number of amides is 1. The zero-order valence-electron chi connectivity index (χ0n) is 16.7. The summed E-state index contributed by atoms with van der Waals surface area (Å²) in [6, 6.07) is 11.6. The van der Waals surface area contributed by atoms with Crippen LogP contribution < -0.4 is 5.32 Å². The van der Waals surface area contributed by atoms with Crippen molar-refractivity contribution in [1.82, 2.24) is 19.6 Å². The fourth-order valence-corrected chi connectivity index (χ4v) is 3.75. The molecule has 31 heavy (non-hydrogen) atoms. The van der Waals surface area contributed by atoms with E-state index >= 15 is 0 Å². The maximum atomic E-state index is 13.8. The molecule has 0 radical (unpaired) electrons. The van der Waals surface area contributed by atoms with Crippen molar-refractivity contribution in [3.63, 3.8) is 0 Å². The van der Waals surface area contributed by atoms with Crippen LogP contribution in [0.1, 0.15) is 5.56 Å². The molecule has 10 heteroatoms. The molecule has 0 saturated carbocycles. The van der Waals surface area contributed by atoms with Crippen molar-refractivity contribution in [2.75, 3.05) is 17.3 Å². The number of fused-ring (bicyclic) bond motifs is 1. The predicted molar refractivity (Wildman–Crippen MR) is 115 cm³/mol. The monoisotopic (exact) mass is 439 g/mol. The molecule has 0 fully saturated rings. The fraction of sp³-hybridized carbons (Fsp3) is 0.143. The van der Waals surface area contributed by atoms with Gasteiger partial charge in [0.05, 0.1) is 5.69 Å². The highest BCUT2D eigenvalue weighted by molar-refractivity contribution is 7.91. The molecule has 0 atom stereocenters. The first-order valence-electron chi connectivity index (χ1n) is 9.25. The maximum Gasteiger partial charge on any atom is 0.240 e.